The number of morpholine rings is 1. The van der Waals surface area contributed by atoms with Gasteiger partial charge in [0.15, 0.2) is 0 Å². The smallest absolute Gasteiger partial charge is 0.317 e. The molecule has 2 amide bonds. The van der Waals surface area contributed by atoms with Gasteiger partial charge in [0.1, 0.15) is 6.10 Å². The van der Waals surface area contributed by atoms with Gasteiger partial charge in [-0.05, 0) is 31.5 Å². The summed E-state index contributed by atoms with van der Waals surface area (Å²) in [5.74, 6) is 0. The Balaban J connectivity index is 2.00. The largest absolute Gasteiger partial charge is 0.370 e. The zero-order chi connectivity index (χ0) is 13.8. The van der Waals surface area contributed by atoms with E-state index >= 15 is 0 Å². The van der Waals surface area contributed by atoms with Crippen LogP contribution in [0.1, 0.15) is 25.5 Å². The van der Waals surface area contributed by atoms with E-state index in [0.717, 1.165) is 10.0 Å². The van der Waals surface area contributed by atoms with E-state index in [-0.39, 0.29) is 18.2 Å². The SMILES string of the molecule is CC(C)NC(=O)N1CCOC(c2ccc(Br)cc2)C1. The molecule has 19 heavy (non-hydrogen) atoms. The van der Waals surface area contributed by atoms with Crippen molar-refractivity contribution in [2.45, 2.75) is 26.0 Å². The Hall–Kier alpha value is -1.07. The molecule has 1 unspecified atom stereocenters. The quantitative estimate of drug-likeness (QED) is 0.907. The van der Waals surface area contributed by atoms with Gasteiger partial charge in [0, 0.05) is 17.1 Å². The number of rotatable bonds is 2. The summed E-state index contributed by atoms with van der Waals surface area (Å²) in [7, 11) is 0. The van der Waals surface area contributed by atoms with Crippen molar-refractivity contribution >= 4 is 22.0 Å². The summed E-state index contributed by atoms with van der Waals surface area (Å²) in [6.45, 7) is 5.74. The fourth-order valence-corrected chi connectivity index (χ4v) is 2.32. The first-order chi connectivity index (χ1) is 9.06. The molecular formula is C14H19BrN2O2. The number of carbonyl (C=O) groups excluding carboxylic acids is 1. The third-order valence-electron chi connectivity index (χ3n) is 3.01. The lowest BCUT2D eigenvalue weighted by atomic mass is 10.1. The Kier molecular flexibility index (Phi) is 4.82. The molecule has 5 heteroatoms. The average molecular weight is 327 g/mol. The number of nitrogens with zero attached hydrogens (tertiary/aromatic N) is 1. The van der Waals surface area contributed by atoms with Crippen LogP contribution in [-0.4, -0.2) is 36.7 Å². The fraction of sp³-hybridized carbons (Fsp3) is 0.500. The number of hydrogen-bond acceptors (Lipinski definition) is 2. The van der Waals surface area contributed by atoms with E-state index in [0.29, 0.717) is 19.7 Å². The van der Waals surface area contributed by atoms with Crippen molar-refractivity contribution in [1.82, 2.24) is 10.2 Å². The van der Waals surface area contributed by atoms with Crippen LogP contribution in [0, 0.1) is 0 Å². The number of nitrogens with one attached hydrogen (secondary N) is 1. The number of halogens is 1. The van der Waals surface area contributed by atoms with Crippen molar-refractivity contribution in [1.29, 1.82) is 0 Å². The van der Waals surface area contributed by atoms with Crippen LogP contribution in [0.5, 0.6) is 0 Å². The Morgan fingerprint density at radius 2 is 2.11 bits per heavy atom. The topological polar surface area (TPSA) is 41.6 Å². The first-order valence-electron chi connectivity index (χ1n) is 6.49. The zero-order valence-corrected chi connectivity index (χ0v) is 12.8. The third-order valence-corrected chi connectivity index (χ3v) is 3.54. The Labute approximate surface area is 122 Å². The fourth-order valence-electron chi connectivity index (χ4n) is 2.05. The molecule has 1 aliphatic rings. The molecule has 1 fully saturated rings. The van der Waals surface area contributed by atoms with Gasteiger partial charge in [-0.3, -0.25) is 0 Å². The second-order valence-corrected chi connectivity index (χ2v) is 5.88. The molecule has 1 atom stereocenters. The summed E-state index contributed by atoms with van der Waals surface area (Å²) in [6.07, 6.45) is -0.0419. The lowest BCUT2D eigenvalue weighted by molar-refractivity contribution is -0.0156. The molecule has 4 nitrogen and oxygen atoms in total. The summed E-state index contributed by atoms with van der Waals surface area (Å²) >= 11 is 3.42. The van der Waals surface area contributed by atoms with E-state index in [4.69, 9.17) is 4.74 Å². The van der Waals surface area contributed by atoms with Crippen LogP contribution >= 0.6 is 15.9 Å². The highest BCUT2D eigenvalue weighted by molar-refractivity contribution is 9.10. The van der Waals surface area contributed by atoms with Crippen LogP contribution < -0.4 is 5.32 Å². The van der Waals surface area contributed by atoms with Crippen molar-refractivity contribution in [3.8, 4) is 0 Å². The normalized spacial score (nSPS) is 19.6. The highest BCUT2D eigenvalue weighted by Gasteiger charge is 2.25. The van der Waals surface area contributed by atoms with Crippen molar-refractivity contribution in [3.63, 3.8) is 0 Å². The molecule has 0 saturated carbocycles. The van der Waals surface area contributed by atoms with Gasteiger partial charge in [-0.2, -0.15) is 0 Å². The molecule has 1 heterocycles. The number of carbonyl (C=O) groups is 1. The second-order valence-electron chi connectivity index (χ2n) is 4.96. The molecule has 1 aromatic rings. The molecule has 1 saturated heterocycles. The van der Waals surface area contributed by atoms with E-state index in [1.54, 1.807) is 0 Å². The molecule has 0 bridgehead atoms. The first-order valence-corrected chi connectivity index (χ1v) is 7.28. The van der Waals surface area contributed by atoms with Crippen LogP contribution in [0.4, 0.5) is 4.79 Å². The summed E-state index contributed by atoms with van der Waals surface area (Å²) in [6, 6.07) is 8.18. The van der Waals surface area contributed by atoms with Crippen LogP contribution in [0.15, 0.2) is 28.7 Å². The molecule has 1 aliphatic heterocycles. The van der Waals surface area contributed by atoms with Gasteiger partial charge in [0.2, 0.25) is 0 Å². The van der Waals surface area contributed by atoms with E-state index in [1.165, 1.54) is 0 Å². The monoisotopic (exact) mass is 326 g/mol. The minimum absolute atomic E-state index is 0.0135. The molecule has 1 N–H and O–H groups in total. The average Bonchev–Trinajstić information content (AvgIpc) is 2.39. The van der Waals surface area contributed by atoms with Crippen LogP contribution in [-0.2, 0) is 4.74 Å². The molecule has 0 aliphatic carbocycles. The molecule has 104 valence electrons. The lowest BCUT2D eigenvalue weighted by Crippen LogP contribution is -2.48. The minimum atomic E-state index is -0.0419. The van der Waals surface area contributed by atoms with Gasteiger partial charge in [-0.25, -0.2) is 4.79 Å². The summed E-state index contributed by atoms with van der Waals surface area (Å²) in [5.41, 5.74) is 1.10. The number of urea groups is 1. The first kappa shape index (κ1) is 14.3. The van der Waals surface area contributed by atoms with Gasteiger partial charge >= 0.3 is 6.03 Å². The predicted octanol–water partition coefficient (Wildman–Crippen LogP) is 2.94. The van der Waals surface area contributed by atoms with E-state index in [1.807, 2.05) is 43.0 Å². The highest BCUT2D eigenvalue weighted by atomic mass is 79.9. The van der Waals surface area contributed by atoms with E-state index in [9.17, 15) is 4.79 Å². The van der Waals surface area contributed by atoms with Gasteiger partial charge in [0.25, 0.3) is 0 Å². The summed E-state index contributed by atoms with van der Waals surface area (Å²) < 4.78 is 6.80. The third kappa shape index (κ3) is 3.94. The minimum Gasteiger partial charge on any atom is -0.370 e. The Morgan fingerprint density at radius 3 is 2.74 bits per heavy atom. The zero-order valence-electron chi connectivity index (χ0n) is 11.2. The van der Waals surface area contributed by atoms with Gasteiger partial charge < -0.3 is 15.0 Å². The summed E-state index contributed by atoms with van der Waals surface area (Å²) in [5, 5.41) is 2.92. The maximum Gasteiger partial charge on any atom is 0.317 e. The van der Waals surface area contributed by atoms with Crippen molar-refractivity contribution in [2.24, 2.45) is 0 Å². The van der Waals surface area contributed by atoms with Crippen LogP contribution in [0.2, 0.25) is 0 Å². The number of amides is 2. The molecule has 0 aromatic heterocycles. The van der Waals surface area contributed by atoms with Gasteiger partial charge in [-0.15, -0.1) is 0 Å². The van der Waals surface area contributed by atoms with Crippen LogP contribution in [0.3, 0.4) is 0 Å². The van der Waals surface area contributed by atoms with Gasteiger partial charge in [-0.1, -0.05) is 28.1 Å². The maximum absolute atomic E-state index is 12.0. The molecule has 1 aromatic carbocycles. The predicted molar refractivity (Wildman–Crippen MR) is 78.1 cm³/mol. The number of benzene rings is 1. The van der Waals surface area contributed by atoms with E-state index < -0.39 is 0 Å². The molecule has 0 spiro atoms. The number of ether oxygens (including phenoxy) is 1. The van der Waals surface area contributed by atoms with Crippen molar-refractivity contribution in [3.05, 3.63) is 34.3 Å². The highest BCUT2D eigenvalue weighted by Crippen LogP contribution is 2.23. The van der Waals surface area contributed by atoms with Crippen molar-refractivity contribution in [2.75, 3.05) is 19.7 Å². The molecule has 0 radical (unpaired) electrons. The molecular weight excluding hydrogens is 308 g/mol. The van der Waals surface area contributed by atoms with Crippen LogP contribution in [0.25, 0.3) is 0 Å². The number of hydrogen-bond donors (Lipinski definition) is 1. The van der Waals surface area contributed by atoms with Gasteiger partial charge in [0.05, 0.1) is 13.2 Å². The Morgan fingerprint density at radius 1 is 1.42 bits per heavy atom. The Bertz CT molecular complexity index is 434. The lowest BCUT2D eigenvalue weighted by Gasteiger charge is -2.33. The summed E-state index contributed by atoms with van der Waals surface area (Å²) in [4.78, 5) is 13.8. The maximum atomic E-state index is 12.0. The molecule has 2 rings (SSSR count). The van der Waals surface area contributed by atoms with Crippen molar-refractivity contribution < 1.29 is 9.53 Å². The van der Waals surface area contributed by atoms with E-state index in [2.05, 4.69) is 21.2 Å². The standard InChI is InChI=1S/C14H19BrN2O2/c1-10(2)16-14(18)17-7-8-19-13(9-17)11-3-5-12(15)6-4-11/h3-6,10,13H,7-9H2,1-2H3,(H,16,18). The second kappa shape index (κ2) is 6.39.